The lowest BCUT2D eigenvalue weighted by Crippen LogP contribution is -2.39. The van der Waals surface area contributed by atoms with E-state index in [0.29, 0.717) is 18.0 Å². The van der Waals surface area contributed by atoms with Gasteiger partial charge in [-0.2, -0.15) is 5.26 Å². The normalized spacial score (nSPS) is 9.52. The van der Waals surface area contributed by atoms with Crippen LogP contribution in [0.2, 0.25) is 0 Å². The molecule has 21 heavy (non-hydrogen) atoms. The van der Waals surface area contributed by atoms with Gasteiger partial charge in [-0.15, -0.1) is 0 Å². The van der Waals surface area contributed by atoms with Crippen LogP contribution in [0.25, 0.3) is 0 Å². The molecule has 0 saturated carbocycles. The Morgan fingerprint density at radius 1 is 1.43 bits per heavy atom. The van der Waals surface area contributed by atoms with Crippen LogP contribution in [0.4, 0.5) is 10.5 Å². The number of carboxylic acids is 1. The molecule has 0 atom stereocenters. The predicted octanol–water partition coefficient (Wildman–Crippen LogP) is 1.92. The van der Waals surface area contributed by atoms with E-state index in [4.69, 9.17) is 15.1 Å². The first kappa shape index (κ1) is 16.3. The first-order chi connectivity index (χ1) is 10.1. The first-order valence-electron chi connectivity index (χ1n) is 6.45. The molecule has 0 fully saturated rings. The average molecular weight is 291 g/mol. The summed E-state index contributed by atoms with van der Waals surface area (Å²) < 4.78 is 5.38. The minimum atomic E-state index is -1.14. The van der Waals surface area contributed by atoms with E-state index in [1.807, 2.05) is 13.0 Å². The Kier molecular flexibility index (Phi) is 6.54. The van der Waals surface area contributed by atoms with Crippen molar-refractivity contribution in [2.24, 2.45) is 0 Å². The number of hydrogen-bond acceptors (Lipinski definition) is 4. The molecule has 112 valence electrons. The smallest absolute Gasteiger partial charge is 0.323 e. The van der Waals surface area contributed by atoms with Gasteiger partial charge in [-0.05, 0) is 19.1 Å². The second-order valence-corrected chi connectivity index (χ2v) is 4.08. The Morgan fingerprint density at radius 2 is 2.14 bits per heavy atom. The van der Waals surface area contributed by atoms with Gasteiger partial charge in [-0.1, -0.05) is 12.1 Å². The van der Waals surface area contributed by atoms with Gasteiger partial charge in [0.25, 0.3) is 0 Å². The van der Waals surface area contributed by atoms with E-state index >= 15 is 0 Å². The van der Waals surface area contributed by atoms with E-state index in [0.717, 1.165) is 4.90 Å². The zero-order valence-electron chi connectivity index (χ0n) is 11.7. The summed E-state index contributed by atoms with van der Waals surface area (Å²) in [5.74, 6) is -0.634. The highest BCUT2D eigenvalue weighted by Gasteiger charge is 2.17. The van der Waals surface area contributed by atoms with Gasteiger partial charge in [0.15, 0.2) is 0 Å². The minimum Gasteiger partial charge on any atom is -0.492 e. The number of hydrogen-bond donors (Lipinski definition) is 2. The molecular weight excluding hydrogens is 274 g/mol. The number of carbonyl (C=O) groups is 2. The molecule has 0 spiro atoms. The van der Waals surface area contributed by atoms with Crippen molar-refractivity contribution in [1.82, 2.24) is 4.90 Å². The van der Waals surface area contributed by atoms with E-state index in [1.165, 1.54) is 0 Å². The molecule has 1 aromatic carbocycles. The van der Waals surface area contributed by atoms with Crippen LogP contribution >= 0.6 is 0 Å². The van der Waals surface area contributed by atoms with Crippen molar-refractivity contribution in [2.75, 3.05) is 25.0 Å². The molecule has 0 aliphatic carbocycles. The van der Waals surface area contributed by atoms with E-state index in [2.05, 4.69) is 5.32 Å². The molecule has 0 unspecified atom stereocenters. The molecule has 0 bridgehead atoms. The highest BCUT2D eigenvalue weighted by molar-refractivity contribution is 5.92. The van der Waals surface area contributed by atoms with Crippen LogP contribution in [0.3, 0.4) is 0 Å². The third kappa shape index (κ3) is 5.40. The maximum absolute atomic E-state index is 12.1. The van der Waals surface area contributed by atoms with Crippen LogP contribution in [0.15, 0.2) is 24.3 Å². The molecule has 2 amide bonds. The molecule has 0 heterocycles. The number of carboxylic acid groups (broad SMARTS) is 1. The SMILES string of the molecule is CCOc1ccccc1NC(=O)N(CCC#N)CC(=O)O. The number of aliphatic carboxylic acids is 1. The van der Waals surface area contributed by atoms with Crippen LogP contribution in [0, 0.1) is 11.3 Å². The molecule has 2 N–H and O–H groups in total. The number of rotatable bonds is 7. The van der Waals surface area contributed by atoms with Crippen LogP contribution in [-0.4, -0.2) is 41.7 Å². The van der Waals surface area contributed by atoms with Crippen LogP contribution in [0.1, 0.15) is 13.3 Å². The third-order valence-electron chi connectivity index (χ3n) is 2.54. The molecule has 0 aliphatic heterocycles. The molecule has 0 saturated heterocycles. The zero-order valence-corrected chi connectivity index (χ0v) is 11.7. The molecular formula is C14H17N3O4. The lowest BCUT2D eigenvalue weighted by molar-refractivity contribution is -0.137. The second kappa shape index (κ2) is 8.43. The lowest BCUT2D eigenvalue weighted by Gasteiger charge is -2.20. The summed E-state index contributed by atoms with van der Waals surface area (Å²) in [4.78, 5) is 23.9. The molecule has 1 rings (SSSR count). The number of nitrogens with zero attached hydrogens (tertiary/aromatic N) is 2. The summed E-state index contributed by atoms with van der Waals surface area (Å²) in [5.41, 5.74) is 0.455. The fourth-order valence-electron chi connectivity index (χ4n) is 1.65. The maximum Gasteiger partial charge on any atom is 0.323 e. The van der Waals surface area contributed by atoms with E-state index in [1.54, 1.807) is 24.3 Å². The number of carbonyl (C=O) groups excluding carboxylic acids is 1. The highest BCUT2D eigenvalue weighted by Crippen LogP contribution is 2.23. The van der Waals surface area contributed by atoms with Gasteiger partial charge in [-0.3, -0.25) is 4.79 Å². The van der Waals surface area contributed by atoms with Crippen molar-refractivity contribution in [3.8, 4) is 11.8 Å². The second-order valence-electron chi connectivity index (χ2n) is 4.08. The molecule has 7 heteroatoms. The van der Waals surface area contributed by atoms with Crippen molar-refractivity contribution in [3.63, 3.8) is 0 Å². The lowest BCUT2D eigenvalue weighted by atomic mass is 10.3. The molecule has 0 aromatic heterocycles. The maximum atomic E-state index is 12.1. The van der Waals surface area contributed by atoms with Gasteiger partial charge in [0.05, 0.1) is 24.8 Å². The fraction of sp³-hybridized carbons (Fsp3) is 0.357. The van der Waals surface area contributed by atoms with Crippen LogP contribution < -0.4 is 10.1 Å². The summed E-state index contributed by atoms with van der Waals surface area (Å²) in [6.45, 7) is 1.85. The Bertz CT molecular complexity index is 539. The third-order valence-corrected chi connectivity index (χ3v) is 2.54. The molecule has 1 aromatic rings. The van der Waals surface area contributed by atoms with Crippen LogP contribution in [0.5, 0.6) is 5.75 Å². The summed E-state index contributed by atoms with van der Waals surface area (Å²) >= 11 is 0. The number of amides is 2. The number of anilines is 1. The molecule has 0 aliphatic rings. The Hall–Kier alpha value is -2.75. The van der Waals surface area contributed by atoms with Crippen molar-refractivity contribution < 1.29 is 19.4 Å². The van der Waals surface area contributed by atoms with Gasteiger partial charge >= 0.3 is 12.0 Å². The van der Waals surface area contributed by atoms with Gasteiger partial charge in [0.2, 0.25) is 0 Å². The Morgan fingerprint density at radius 3 is 2.76 bits per heavy atom. The van der Waals surface area contributed by atoms with Gasteiger partial charge < -0.3 is 20.1 Å². The summed E-state index contributed by atoms with van der Waals surface area (Å²) in [6, 6.07) is 8.16. The number of nitrogens with one attached hydrogen (secondary N) is 1. The van der Waals surface area contributed by atoms with Crippen molar-refractivity contribution in [1.29, 1.82) is 5.26 Å². The van der Waals surface area contributed by atoms with Gasteiger partial charge in [0, 0.05) is 6.54 Å². The zero-order chi connectivity index (χ0) is 15.7. The van der Waals surface area contributed by atoms with Crippen molar-refractivity contribution in [3.05, 3.63) is 24.3 Å². The highest BCUT2D eigenvalue weighted by atomic mass is 16.5. The first-order valence-corrected chi connectivity index (χ1v) is 6.45. The minimum absolute atomic E-state index is 0.0471. The molecule has 0 radical (unpaired) electrons. The number of benzene rings is 1. The predicted molar refractivity (Wildman–Crippen MR) is 76.1 cm³/mol. The van der Waals surface area contributed by atoms with Crippen molar-refractivity contribution in [2.45, 2.75) is 13.3 Å². The number of urea groups is 1. The van der Waals surface area contributed by atoms with E-state index < -0.39 is 18.5 Å². The average Bonchev–Trinajstić information content (AvgIpc) is 2.45. The van der Waals surface area contributed by atoms with E-state index in [-0.39, 0.29) is 13.0 Å². The Balaban J connectivity index is 2.80. The number of nitriles is 1. The summed E-state index contributed by atoms with van der Waals surface area (Å²) in [7, 11) is 0. The standard InChI is InChI=1S/C14H17N3O4/c1-2-21-12-7-4-3-6-11(12)16-14(20)17(9-5-8-15)10-13(18)19/h3-4,6-7H,2,5,9-10H2,1H3,(H,16,20)(H,18,19). The monoisotopic (exact) mass is 291 g/mol. The number of para-hydroxylation sites is 2. The quantitative estimate of drug-likeness (QED) is 0.799. The number of ether oxygens (including phenoxy) is 1. The van der Waals surface area contributed by atoms with Crippen molar-refractivity contribution >= 4 is 17.7 Å². The Labute approximate surface area is 122 Å². The van der Waals surface area contributed by atoms with E-state index in [9.17, 15) is 9.59 Å². The fourth-order valence-corrected chi connectivity index (χ4v) is 1.65. The van der Waals surface area contributed by atoms with Crippen LogP contribution in [-0.2, 0) is 4.79 Å². The van der Waals surface area contributed by atoms with Gasteiger partial charge in [-0.25, -0.2) is 4.79 Å². The summed E-state index contributed by atoms with van der Waals surface area (Å²) in [5, 5.41) is 20.0. The largest absolute Gasteiger partial charge is 0.492 e. The molecule has 7 nitrogen and oxygen atoms in total. The summed E-state index contributed by atoms with van der Waals surface area (Å²) in [6.07, 6.45) is 0.0633. The van der Waals surface area contributed by atoms with Gasteiger partial charge in [0.1, 0.15) is 12.3 Å². The topological polar surface area (TPSA) is 103 Å².